The summed E-state index contributed by atoms with van der Waals surface area (Å²) in [4.78, 5) is 22.9. The Morgan fingerprint density at radius 3 is 2.44 bits per heavy atom. The molecule has 0 spiro atoms. The first-order chi connectivity index (χ1) is 11.3. The van der Waals surface area contributed by atoms with E-state index >= 15 is 0 Å². The van der Waals surface area contributed by atoms with Gasteiger partial charge in [0, 0.05) is 36.1 Å². The third kappa shape index (κ3) is 5.81. The van der Waals surface area contributed by atoms with Crippen molar-refractivity contribution in [1.82, 2.24) is 4.37 Å². The van der Waals surface area contributed by atoms with E-state index in [1.807, 2.05) is 13.8 Å². The second kappa shape index (κ2) is 10.3. The first-order valence-electron chi connectivity index (χ1n) is 6.77. The summed E-state index contributed by atoms with van der Waals surface area (Å²) in [5.41, 5.74) is -1.03. The number of amides is 1. The molecule has 0 aliphatic rings. The van der Waals surface area contributed by atoms with Crippen molar-refractivity contribution < 1.29 is 53.9 Å². The average Bonchev–Trinajstić information content (AvgIpc) is 2.88. The van der Waals surface area contributed by atoms with Crippen LogP contribution >= 0.6 is 23.1 Å². The van der Waals surface area contributed by atoms with Gasteiger partial charge in [0.1, 0.15) is 0 Å². The van der Waals surface area contributed by atoms with Gasteiger partial charge in [0.2, 0.25) is 5.91 Å². The molecule has 0 aliphatic carbocycles. The number of rotatable bonds is 3. The fourth-order valence-corrected chi connectivity index (χ4v) is 2.73. The normalized spacial score (nSPS) is 10.2. The maximum absolute atomic E-state index is 12.8. The van der Waals surface area contributed by atoms with E-state index in [9.17, 15) is 22.8 Å². The minimum atomic E-state index is -4.67. The van der Waals surface area contributed by atoms with Crippen LogP contribution in [0.25, 0.3) is 0 Å². The van der Waals surface area contributed by atoms with Crippen LogP contribution in [-0.4, -0.2) is 16.6 Å². The molecule has 10 heteroatoms. The van der Waals surface area contributed by atoms with Gasteiger partial charge in [-0.25, -0.2) is 0 Å². The van der Waals surface area contributed by atoms with E-state index in [1.165, 1.54) is 0 Å². The molecule has 134 valence electrons. The summed E-state index contributed by atoms with van der Waals surface area (Å²) in [6.07, 6.45) is -3.05. The molecule has 0 bridgehead atoms. The zero-order chi connectivity index (χ0) is 18.5. The average molecular weight is 616 g/mol. The van der Waals surface area contributed by atoms with Gasteiger partial charge in [-0.3, -0.25) is 9.17 Å². The van der Waals surface area contributed by atoms with Crippen molar-refractivity contribution in [2.45, 2.75) is 26.9 Å². The largest absolute Gasteiger partial charge is 0.417 e. The number of hydrogen-bond acceptors (Lipinski definition) is 4. The van der Waals surface area contributed by atoms with Crippen molar-refractivity contribution >= 4 is 40.3 Å². The molecule has 1 amide bonds. The van der Waals surface area contributed by atoms with E-state index in [4.69, 9.17) is 11.6 Å². The molecule has 0 unspecified atom stereocenters. The summed E-state index contributed by atoms with van der Waals surface area (Å²) in [7, 11) is 0. The molecule has 1 aromatic carbocycles. The van der Waals surface area contributed by atoms with Crippen molar-refractivity contribution in [3.05, 3.63) is 45.6 Å². The Labute approximate surface area is 175 Å². The summed E-state index contributed by atoms with van der Waals surface area (Å²) in [5.74, 6) is -0.865. The van der Waals surface area contributed by atoms with Crippen molar-refractivity contribution in [2.24, 2.45) is 0 Å². The summed E-state index contributed by atoms with van der Waals surface area (Å²) in [6.45, 7) is 5.55. The Bertz CT molecular complexity index is 751. The monoisotopic (exact) mass is 615 g/mol. The van der Waals surface area contributed by atoms with Crippen molar-refractivity contribution in [3.63, 3.8) is 0 Å². The number of carbonyl (C=O) groups is 1. The van der Waals surface area contributed by atoms with Crippen molar-refractivity contribution in [3.8, 4) is 0 Å². The van der Waals surface area contributed by atoms with Gasteiger partial charge >= 0.3 is 6.18 Å². The first kappa shape index (κ1) is 24.1. The molecule has 0 saturated heterocycles. The van der Waals surface area contributed by atoms with Gasteiger partial charge in [-0.15, -0.1) is 11.5 Å². The van der Waals surface area contributed by atoms with Crippen LogP contribution in [0.4, 0.5) is 18.2 Å². The van der Waals surface area contributed by atoms with E-state index in [-0.39, 0.29) is 47.2 Å². The van der Waals surface area contributed by atoms with Gasteiger partial charge in [-0.1, -0.05) is 44.0 Å². The smallest absolute Gasteiger partial charge is 0.376 e. The van der Waals surface area contributed by atoms with Crippen LogP contribution in [0.3, 0.4) is 0 Å². The van der Waals surface area contributed by atoms with E-state index in [1.54, 1.807) is 13.2 Å². The molecule has 1 N–H and O–H groups in total. The maximum atomic E-state index is 12.8. The summed E-state index contributed by atoms with van der Waals surface area (Å²) in [6, 6.07) is 3.01. The van der Waals surface area contributed by atoms with Gasteiger partial charge in [-0.2, -0.15) is 13.2 Å². The second-order valence-corrected chi connectivity index (χ2v) is 5.34. The number of aromatic nitrogens is 1. The SMILES string of the molecule is CC.Cc1nsc(NC(=O)c2cccc(C(F)(F)F)c2Cl)c1[C-]=O.[U]. The molecule has 1 aromatic heterocycles. The summed E-state index contributed by atoms with van der Waals surface area (Å²) >= 11 is 6.49. The number of benzene rings is 1. The fourth-order valence-electron chi connectivity index (χ4n) is 1.67. The van der Waals surface area contributed by atoms with Crippen LogP contribution in [0.15, 0.2) is 18.2 Å². The molecule has 0 saturated carbocycles. The van der Waals surface area contributed by atoms with Gasteiger partial charge < -0.3 is 10.1 Å². The van der Waals surface area contributed by atoms with Crippen molar-refractivity contribution in [1.29, 1.82) is 0 Å². The number of hydrogen-bond donors (Lipinski definition) is 1. The Balaban J connectivity index is 0.00000185. The number of carbonyl (C=O) groups excluding carboxylic acids is 2. The predicted molar refractivity (Wildman–Crippen MR) is 87.4 cm³/mol. The number of anilines is 1. The third-order valence-corrected chi connectivity index (χ3v) is 4.00. The standard InChI is InChI=1S/C13H7ClF3N2O2S.C2H6.U/c1-6-8(5-20)12(22-19-6)18-11(21)7-3-2-4-9(10(7)14)13(15,16)17;1-2;/h2-4H,1H3,(H,18,21);1-2H3;/q-1;;. The van der Waals surface area contributed by atoms with E-state index in [2.05, 4.69) is 9.69 Å². The van der Waals surface area contributed by atoms with Gasteiger partial charge in [0.05, 0.1) is 22.4 Å². The van der Waals surface area contributed by atoms with Crippen LogP contribution in [0, 0.1) is 38.0 Å². The Hall–Kier alpha value is -0.878. The van der Waals surface area contributed by atoms with Crippen molar-refractivity contribution in [2.75, 3.05) is 5.32 Å². The summed E-state index contributed by atoms with van der Waals surface area (Å²) < 4.78 is 42.2. The van der Waals surface area contributed by atoms with Crippen LogP contribution < -0.4 is 5.32 Å². The van der Waals surface area contributed by atoms with Crippen LogP contribution in [0.5, 0.6) is 0 Å². The van der Waals surface area contributed by atoms with Gasteiger partial charge in [-0.05, 0) is 17.8 Å². The van der Waals surface area contributed by atoms with E-state index in [0.29, 0.717) is 5.69 Å². The Kier molecular flexibility index (Phi) is 9.95. The second-order valence-electron chi connectivity index (χ2n) is 4.19. The number of aryl methyl sites for hydroxylation is 1. The zero-order valence-corrected chi connectivity index (χ0v) is 19.2. The molecular formula is C15H13ClF3N2O2SU-. The molecule has 4 nitrogen and oxygen atoms in total. The molecule has 2 aromatic rings. The number of halogens is 4. The van der Waals surface area contributed by atoms with E-state index in [0.717, 1.165) is 29.7 Å². The molecule has 25 heavy (non-hydrogen) atoms. The molecule has 0 atom stereocenters. The van der Waals surface area contributed by atoms with Crippen LogP contribution in [-0.2, 0) is 11.0 Å². The minimum Gasteiger partial charge on any atom is -0.376 e. The molecule has 0 fully saturated rings. The number of alkyl halides is 3. The third-order valence-electron chi connectivity index (χ3n) is 2.74. The van der Waals surface area contributed by atoms with Crippen LogP contribution in [0.1, 0.15) is 41.0 Å². The van der Waals surface area contributed by atoms with Gasteiger partial charge in [0.25, 0.3) is 0 Å². The van der Waals surface area contributed by atoms with Crippen LogP contribution in [0.2, 0.25) is 5.02 Å². The molecule has 1 heterocycles. The topological polar surface area (TPSA) is 59.1 Å². The fraction of sp³-hybridized carbons (Fsp3) is 0.267. The molecule has 2 rings (SSSR count). The Morgan fingerprint density at radius 1 is 1.32 bits per heavy atom. The first-order valence-corrected chi connectivity index (χ1v) is 7.92. The predicted octanol–water partition coefficient (Wildman–Crippen LogP) is 4.86. The molecule has 0 radical (unpaired) electrons. The quantitative estimate of drug-likeness (QED) is 0.502. The number of nitrogens with one attached hydrogen (secondary N) is 1. The van der Waals surface area contributed by atoms with Gasteiger partial charge in [0.15, 0.2) is 0 Å². The maximum Gasteiger partial charge on any atom is 0.417 e. The van der Waals surface area contributed by atoms with E-state index < -0.39 is 22.7 Å². The Morgan fingerprint density at radius 2 is 1.92 bits per heavy atom. The minimum absolute atomic E-state index is 0. The molecular weight excluding hydrogens is 603 g/mol. The summed E-state index contributed by atoms with van der Waals surface area (Å²) in [5, 5.41) is 1.72. The molecule has 0 aliphatic heterocycles. The zero-order valence-electron chi connectivity index (χ0n) is 13.4. The number of nitrogens with zero attached hydrogens (tertiary/aromatic N) is 1.